The molecule has 1 N–H and O–H groups in total. The molecule has 1 heterocycles. The minimum absolute atomic E-state index is 0.0248. The monoisotopic (exact) mass is 385 g/mol. The molecule has 7 heteroatoms. The van der Waals surface area contributed by atoms with Gasteiger partial charge in [0.1, 0.15) is 0 Å². The van der Waals surface area contributed by atoms with Crippen LogP contribution in [-0.4, -0.2) is 25.5 Å². The molecule has 2 aromatic carbocycles. The van der Waals surface area contributed by atoms with Gasteiger partial charge in [0.2, 0.25) is 21.0 Å². The third-order valence-corrected chi connectivity index (χ3v) is 6.45. The SMILES string of the molecule is O=C(N[C@@H](C(=O)c1cccs1)S(=O)(=O)c1ccccc1)c1ccccc1. The van der Waals surface area contributed by atoms with Gasteiger partial charge in [0.25, 0.3) is 5.91 Å². The Labute approximate surface area is 155 Å². The van der Waals surface area contributed by atoms with Gasteiger partial charge in [-0.25, -0.2) is 8.42 Å². The molecular formula is C19H15NO4S2. The first-order chi connectivity index (χ1) is 12.5. The molecule has 0 aliphatic heterocycles. The van der Waals surface area contributed by atoms with Crippen LogP contribution in [0.15, 0.2) is 83.1 Å². The van der Waals surface area contributed by atoms with Crippen LogP contribution in [0.3, 0.4) is 0 Å². The van der Waals surface area contributed by atoms with Gasteiger partial charge in [-0.05, 0) is 35.7 Å². The third-order valence-electron chi connectivity index (χ3n) is 3.68. The van der Waals surface area contributed by atoms with Crippen LogP contribution in [0.5, 0.6) is 0 Å². The van der Waals surface area contributed by atoms with Crippen LogP contribution in [0.25, 0.3) is 0 Å². The van der Waals surface area contributed by atoms with E-state index in [-0.39, 0.29) is 15.3 Å². The van der Waals surface area contributed by atoms with Crippen molar-refractivity contribution < 1.29 is 18.0 Å². The highest BCUT2D eigenvalue weighted by Crippen LogP contribution is 2.20. The normalized spacial score (nSPS) is 12.3. The summed E-state index contributed by atoms with van der Waals surface area (Å²) in [5, 5.41) is 2.37. The lowest BCUT2D eigenvalue weighted by Crippen LogP contribution is -2.46. The maximum absolute atomic E-state index is 13.0. The van der Waals surface area contributed by atoms with Gasteiger partial charge in [-0.2, -0.15) is 0 Å². The van der Waals surface area contributed by atoms with Crippen LogP contribution >= 0.6 is 11.3 Å². The highest BCUT2D eigenvalue weighted by molar-refractivity contribution is 7.92. The molecule has 5 nitrogen and oxygen atoms in total. The standard InChI is InChI=1S/C19H15NO4S2/c21-17(16-12-7-13-25-16)19(20-18(22)14-8-3-1-4-9-14)26(23,24)15-10-5-2-6-11-15/h1-13,19H,(H,20,22)/t19-/m1/s1. The number of carbonyl (C=O) groups excluding carboxylic acids is 2. The number of hydrogen-bond donors (Lipinski definition) is 1. The third kappa shape index (κ3) is 3.74. The molecule has 0 bridgehead atoms. The number of thiophene rings is 1. The van der Waals surface area contributed by atoms with Gasteiger partial charge in [0, 0.05) is 5.56 Å². The van der Waals surface area contributed by atoms with E-state index in [0.29, 0.717) is 0 Å². The zero-order valence-electron chi connectivity index (χ0n) is 13.5. The fourth-order valence-corrected chi connectivity index (χ4v) is 4.62. The number of benzene rings is 2. The van der Waals surface area contributed by atoms with Gasteiger partial charge in [-0.3, -0.25) is 9.59 Å². The summed E-state index contributed by atoms with van der Waals surface area (Å²) in [6, 6.07) is 19.0. The molecule has 0 fully saturated rings. The molecule has 0 aliphatic rings. The molecule has 1 atom stereocenters. The number of nitrogens with one attached hydrogen (secondary N) is 1. The van der Waals surface area contributed by atoms with Gasteiger partial charge in [0.15, 0.2) is 0 Å². The molecule has 0 saturated carbocycles. The summed E-state index contributed by atoms with van der Waals surface area (Å²) in [6.07, 6.45) is 0. The van der Waals surface area contributed by atoms with E-state index in [1.165, 1.54) is 18.2 Å². The molecule has 0 unspecified atom stereocenters. The first kappa shape index (κ1) is 18.0. The Morgan fingerprint density at radius 3 is 2.04 bits per heavy atom. The predicted molar refractivity (Wildman–Crippen MR) is 100.0 cm³/mol. The Balaban J connectivity index is 2.00. The summed E-state index contributed by atoms with van der Waals surface area (Å²) < 4.78 is 26.0. The van der Waals surface area contributed by atoms with Crippen LogP contribution in [-0.2, 0) is 9.84 Å². The van der Waals surface area contributed by atoms with Crippen LogP contribution in [0, 0.1) is 0 Å². The Hall–Kier alpha value is -2.77. The summed E-state index contributed by atoms with van der Waals surface area (Å²) in [6.45, 7) is 0. The van der Waals surface area contributed by atoms with E-state index in [2.05, 4.69) is 5.32 Å². The van der Waals surface area contributed by atoms with E-state index in [1.807, 2.05) is 0 Å². The first-order valence-corrected chi connectivity index (χ1v) is 10.2. The van der Waals surface area contributed by atoms with Crippen LogP contribution in [0.2, 0.25) is 0 Å². The summed E-state index contributed by atoms with van der Waals surface area (Å²) in [5.41, 5.74) is 0.278. The van der Waals surface area contributed by atoms with Crippen molar-refractivity contribution >= 4 is 32.9 Å². The molecule has 132 valence electrons. The van der Waals surface area contributed by atoms with Gasteiger partial charge in [-0.1, -0.05) is 42.5 Å². The Kier molecular flexibility index (Phi) is 5.29. The molecule has 1 amide bonds. The van der Waals surface area contributed by atoms with Crippen LogP contribution in [0.4, 0.5) is 0 Å². The molecule has 3 aromatic rings. The molecular weight excluding hydrogens is 370 g/mol. The van der Waals surface area contributed by atoms with E-state index >= 15 is 0 Å². The fourth-order valence-electron chi connectivity index (χ4n) is 2.37. The number of ketones is 1. The average molecular weight is 385 g/mol. The number of Topliss-reactive ketones (excluding diaryl/α,β-unsaturated/α-hetero) is 1. The molecule has 26 heavy (non-hydrogen) atoms. The molecule has 1 aromatic heterocycles. The highest BCUT2D eigenvalue weighted by atomic mass is 32.2. The Bertz CT molecular complexity index is 998. The van der Waals surface area contributed by atoms with Crippen molar-refractivity contribution in [3.05, 3.63) is 88.6 Å². The van der Waals surface area contributed by atoms with Crippen molar-refractivity contribution in [3.8, 4) is 0 Å². The summed E-state index contributed by atoms with van der Waals surface area (Å²) in [5.74, 6) is -1.28. The number of rotatable bonds is 6. The van der Waals surface area contributed by atoms with E-state index in [4.69, 9.17) is 0 Å². The summed E-state index contributed by atoms with van der Waals surface area (Å²) in [4.78, 5) is 25.5. The molecule has 0 aliphatic carbocycles. The van der Waals surface area contributed by atoms with Gasteiger partial charge >= 0.3 is 0 Å². The maximum Gasteiger partial charge on any atom is 0.252 e. The van der Waals surface area contributed by atoms with Crippen LogP contribution in [0.1, 0.15) is 20.0 Å². The summed E-state index contributed by atoms with van der Waals surface area (Å²) in [7, 11) is -4.10. The van der Waals surface area contributed by atoms with E-state index in [0.717, 1.165) is 11.3 Å². The van der Waals surface area contributed by atoms with Crippen molar-refractivity contribution in [2.45, 2.75) is 10.3 Å². The Morgan fingerprint density at radius 2 is 1.46 bits per heavy atom. The zero-order valence-corrected chi connectivity index (χ0v) is 15.2. The highest BCUT2D eigenvalue weighted by Gasteiger charge is 2.36. The van der Waals surface area contributed by atoms with E-state index < -0.39 is 26.9 Å². The molecule has 0 saturated heterocycles. The summed E-state index contributed by atoms with van der Waals surface area (Å²) >= 11 is 1.13. The Morgan fingerprint density at radius 1 is 0.846 bits per heavy atom. The van der Waals surface area contributed by atoms with Crippen molar-refractivity contribution in [2.75, 3.05) is 0 Å². The van der Waals surface area contributed by atoms with Gasteiger partial charge < -0.3 is 5.32 Å². The minimum Gasteiger partial charge on any atom is -0.329 e. The molecule has 0 radical (unpaired) electrons. The van der Waals surface area contributed by atoms with Crippen LogP contribution < -0.4 is 5.32 Å². The molecule has 0 spiro atoms. The zero-order chi connectivity index (χ0) is 18.6. The van der Waals surface area contributed by atoms with E-state index in [1.54, 1.807) is 60.0 Å². The van der Waals surface area contributed by atoms with Crippen molar-refractivity contribution in [3.63, 3.8) is 0 Å². The largest absolute Gasteiger partial charge is 0.329 e. The number of amides is 1. The van der Waals surface area contributed by atoms with Crippen molar-refractivity contribution in [1.82, 2.24) is 5.32 Å². The smallest absolute Gasteiger partial charge is 0.252 e. The topological polar surface area (TPSA) is 80.3 Å². The lowest BCUT2D eigenvalue weighted by Gasteiger charge is -2.18. The fraction of sp³-hybridized carbons (Fsp3) is 0.0526. The number of sulfone groups is 1. The number of hydrogen-bond acceptors (Lipinski definition) is 5. The van der Waals surface area contributed by atoms with Crippen molar-refractivity contribution in [2.24, 2.45) is 0 Å². The molecule has 3 rings (SSSR count). The predicted octanol–water partition coefficient (Wildman–Crippen LogP) is 3.16. The second-order valence-electron chi connectivity index (χ2n) is 5.42. The quantitative estimate of drug-likeness (QED) is 0.661. The van der Waals surface area contributed by atoms with E-state index in [9.17, 15) is 18.0 Å². The maximum atomic E-state index is 13.0. The first-order valence-electron chi connectivity index (χ1n) is 7.73. The lowest BCUT2D eigenvalue weighted by molar-refractivity contribution is 0.0890. The second kappa shape index (κ2) is 7.63. The number of carbonyl (C=O) groups is 2. The minimum atomic E-state index is -4.10. The average Bonchev–Trinajstić information content (AvgIpc) is 3.21. The van der Waals surface area contributed by atoms with Gasteiger partial charge in [-0.15, -0.1) is 11.3 Å². The van der Waals surface area contributed by atoms with Gasteiger partial charge in [0.05, 0.1) is 9.77 Å². The second-order valence-corrected chi connectivity index (χ2v) is 8.40. The lowest BCUT2D eigenvalue weighted by atomic mass is 10.2. The van der Waals surface area contributed by atoms with Crippen molar-refractivity contribution in [1.29, 1.82) is 0 Å².